The number of nitrogens with zero attached hydrogens (tertiary/aromatic N) is 2. The second-order valence-corrected chi connectivity index (χ2v) is 7.05. The minimum Gasteiger partial charge on any atom is -0.489 e. The van der Waals surface area contributed by atoms with Crippen molar-refractivity contribution in [2.24, 2.45) is 11.7 Å². The molecule has 1 heterocycles. The van der Waals surface area contributed by atoms with Gasteiger partial charge < -0.3 is 20.5 Å². The third-order valence-electron chi connectivity index (χ3n) is 3.68. The van der Waals surface area contributed by atoms with Crippen molar-refractivity contribution >= 4 is 6.09 Å². The number of carbonyl (C=O) groups excluding carboxylic acids is 1. The van der Waals surface area contributed by atoms with Crippen LogP contribution in [-0.2, 0) is 0 Å². The molecule has 3 N–H and O–H groups in total. The summed E-state index contributed by atoms with van der Waals surface area (Å²) in [4.78, 5) is 19.2. The van der Waals surface area contributed by atoms with Crippen LogP contribution in [0, 0.1) is 11.7 Å². The number of nitrogens with two attached hydrogens (primary N) is 1. The van der Waals surface area contributed by atoms with Crippen molar-refractivity contribution in [3.8, 4) is 23.0 Å². The third kappa shape index (κ3) is 6.18. The molecule has 8 heteroatoms. The average molecular weight is 376 g/mol. The number of aromatic nitrogens is 2. The Morgan fingerprint density at radius 1 is 1.37 bits per heavy atom. The van der Waals surface area contributed by atoms with Crippen LogP contribution in [0.2, 0.25) is 0 Å². The minimum atomic E-state index is -0.687. The fourth-order valence-corrected chi connectivity index (χ4v) is 2.70. The number of ether oxygens (including phenoxy) is 2. The van der Waals surface area contributed by atoms with Crippen LogP contribution in [-0.4, -0.2) is 35.3 Å². The molecule has 0 saturated carbocycles. The topological polar surface area (TPSA) is 99.4 Å². The lowest BCUT2D eigenvalue weighted by atomic mass is 9.93. The Morgan fingerprint density at radius 2 is 2.11 bits per heavy atom. The van der Waals surface area contributed by atoms with E-state index in [1.807, 2.05) is 6.92 Å². The van der Waals surface area contributed by atoms with Crippen LogP contribution >= 0.6 is 0 Å². The molecule has 1 aromatic carbocycles. The Hall–Kier alpha value is -2.74. The van der Waals surface area contributed by atoms with Gasteiger partial charge in [-0.15, -0.1) is 0 Å². The van der Waals surface area contributed by atoms with E-state index in [1.165, 1.54) is 25.4 Å². The number of rotatable bonds is 7. The zero-order valence-electron chi connectivity index (χ0n) is 16.0. The number of nitrogens with one attached hydrogen (secondary N) is 1. The summed E-state index contributed by atoms with van der Waals surface area (Å²) in [6.07, 6.45) is 1.50. The molecular weight excluding hydrogens is 351 g/mol. The first-order valence-electron chi connectivity index (χ1n) is 8.64. The lowest BCUT2D eigenvalue weighted by Gasteiger charge is -2.26. The van der Waals surface area contributed by atoms with Gasteiger partial charge in [-0.05, 0) is 43.5 Å². The van der Waals surface area contributed by atoms with Gasteiger partial charge in [0.25, 0.3) is 0 Å². The van der Waals surface area contributed by atoms with Crippen molar-refractivity contribution in [1.82, 2.24) is 15.3 Å². The van der Waals surface area contributed by atoms with Gasteiger partial charge in [0.15, 0.2) is 11.6 Å². The summed E-state index contributed by atoms with van der Waals surface area (Å²) < 4.78 is 24.9. The third-order valence-corrected chi connectivity index (χ3v) is 3.68. The number of amides is 1. The van der Waals surface area contributed by atoms with Gasteiger partial charge in [-0.1, -0.05) is 13.8 Å². The van der Waals surface area contributed by atoms with Gasteiger partial charge in [-0.2, -0.15) is 4.98 Å². The number of carbonyl (C=O) groups is 1. The molecule has 146 valence electrons. The van der Waals surface area contributed by atoms with Crippen molar-refractivity contribution in [2.45, 2.75) is 32.7 Å². The van der Waals surface area contributed by atoms with E-state index in [1.54, 1.807) is 12.1 Å². The number of halogens is 1. The van der Waals surface area contributed by atoms with E-state index in [0.717, 1.165) is 6.42 Å². The molecule has 0 spiro atoms. The number of hydrogen-bond donors (Lipinski definition) is 2. The molecule has 0 aliphatic heterocycles. The largest absolute Gasteiger partial charge is 0.489 e. The highest BCUT2D eigenvalue weighted by molar-refractivity contribution is 5.69. The zero-order valence-corrected chi connectivity index (χ0v) is 16.0. The smallest absolute Gasteiger partial charge is 0.414 e. The summed E-state index contributed by atoms with van der Waals surface area (Å²) in [5, 5.41) is 2.30. The number of benzene rings is 1. The summed E-state index contributed by atoms with van der Waals surface area (Å²) in [6, 6.07) is 5.96. The summed E-state index contributed by atoms with van der Waals surface area (Å²) in [5.74, 6) is 0.00934. The summed E-state index contributed by atoms with van der Waals surface area (Å²) >= 11 is 0. The minimum absolute atomic E-state index is 0.120. The molecule has 27 heavy (non-hydrogen) atoms. The molecule has 2 rings (SSSR count). The van der Waals surface area contributed by atoms with E-state index >= 15 is 0 Å². The highest BCUT2D eigenvalue weighted by Crippen LogP contribution is 2.26. The van der Waals surface area contributed by atoms with Crippen LogP contribution < -0.4 is 20.5 Å². The predicted molar refractivity (Wildman–Crippen MR) is 100 cm³/mol. The second kappa shape index (κ2) is 8.77. The van der Waals surface area contributed by atoms with Crippen molar-refractivity contribution < 1.29 is 18.7 Å². The van der Waals surface area contributed by atoms with E-state index in [-0.39, 0.29) is 18.4 Å². The van der Waals surface area contributed by atoms with Gasteiger partial charge in [0, 0.05) is 24.3 Å². The second-order valence-electron chi connectivity index (χ2n) is 7.05. The summed E-state index contributed by atoms with van der Waals surface area (Å²) in [5.41, 5.74) is 6.57. The molecular formula is C19H25FN4O3. The molecule has 2 aromatic rings. The Labute approximate surface area is 158 Å². The standard InChI is InChI=1S/C19H25FN4O3/c1-12(2)10-19(3,21)11-26-16-6-5-13(9-14(16)20)15-7-8-23-17(24-15)27-18(25)22-4/h5-9,12H,10-11,21H2,1-4H3,(H,22,25)/t19-/m0/s1. The van der Waals surface area contributed by atoms with Crippen LogP contribution in [0.1, 0.15) is 27.2 Å². The van der Waals surface area contributed by atoms with Gasteiger partial charge in [0.05, 0.1) is 5.69 Å². The Kier molecular flexibility index (Phi) is 6.68. The fraction of sp³-hybridized carbons (Fsp3) is 0.421. The Morgan fingerprint density at radius 3 is 2.74 bits per heavy atom. The maximum atomic E-state index is 14.4. The van der Waals surface area contributed by atoms with Crippen molar-refractivity contribution in [3.63, 3.8) is 0 Å². The quantitative estimate of drug-likeness (QED) is 0.770. The van der Waals surface area contributed by atoms with Gasteiger partial charge in [-0.3, -0.25) is 0 Å². The van der Waals surface area contributed by atoms with Gasteiger partial charge in [0.1, 0.15) is 6.61 Å². The maximum absolute atomic E-state index is 14.4. The molecule has 0 saturated heterocycles. The molecule has 0 radical (unpaired) electrons. The van der Waals surface area contributed by atoms with E-state index in [0.29, 0.717) is 17.2 Å². The normalized spacial score (nSPS) is 13.1. The fourth-order valence-electron chi connectivity index (χ4n) is 2.70. The molecule has 0 aliphatic carbocycles. The van der Waals surface area contributed by atoms with Crippen LogP contribution in [0.3, 0.4) is 0 Å². The molecule has 0 aliphatic rings. The van der Waals surface area contributed by atoms with Crippen LogP contribution in [0.4, 0.5) is 9.18 Å². The SMILES string of the molecule is CNC(=O)Oc1nccc(-c2ccc(OC[C@@](C)(N)CC(C)C)c(F)c2)n1. The lowest BCUT2D eigenvalue weighted by Crippen LogP contribution is -2.43. The molecule has 0 fully saturated rings. The van der Waals surface area contributed by atoms with Crippen LogP contribution in [0.5, 0.6) is 11.8 Å². The highest BCUT2D eigenvalue weighted by Gasteiger charge is 2.22. The molecule has 1 aromatic heterocycles. The maximum Gasteiger partial charge on any atom is 0.414 e. The molecule has 7 nitrogen and oxygen atoms in total. The average Bonchev–Trinajstić information content (AvgIpc) is 2.59. The van der Waals surface area contributed by atoms with E-state index in [9.17, 15) is 9.18 Å². The van der Waals surface area contributed by atoms with E-state index in [2.05, 4.69) is 29.1 Å². The van der Waals surface area contributed by atoms with Crippen molar-refractivity contribution in [3.05, 3.63) is 36.3 Å². The first-order valence-corrected chi connectivity index (χ1v) is 8.64. The first-order chi connectivity index (χ1) is 12.7. The summed E-state index contributed by atoms with van der Waals surface area (Å²) in [6.45, 7) is 6.24. The van der Waals surface area contributed by atoms with Crippen molar-refractivity contribution in [2.75, 3.05) is 13.7 Å². The van der Waals surface area contributed by atoms with Crippen molar-refractivity contribution in [1.29, 1.82) is 0 Å². The molecule has 1 atom stereocenters. The van der Waals surface area contributed by atoms with E-state index in [4.69, 9.17) is 15.2 Å². The Bertz CT molecular complexity index is 796. The van der Waals surface area contributed by atoms with Crippen LogP contribution in [0.15, 0.2) is 30.5 Å². The Balaban J connectivity index is 2.12. The van der Waals surface area contributed by atoms with Gasteiger partial charge in [-0.25, -0.2) is 14.2 Å². The highest BCUT2D eigenvalue weighted by atomic mass is 19.1. The predicted octanol–water partition coefficient (Wildman–Crippen LogP) is 3.14. The number of hydrogen-bond acceptors (Lipinski definition) is 6. The zero-order chi connectivity index (χ0) is 20.0. The first kappa shape index (κ1) is 20.6. The van der Waals surface area contributed by atoms with Gasteiger partial charge >= 0.3 is 12.1 Å². The summed E-state index contributed by atoms with van der Waals surface area (Å²) in [7, 11) is 1.42. The van der Waals surface area contributed by atoms with Crippen LogP contribution in [0.25, 0.3) is 11.3 Å². The molecule has 0 unspecified atom stereocenters. The molecule has 0 bridgehead atoms. The van der Waals surface area contributed by atoms with E-state index < -0.39 is 17.4 Å². The monoisotopic (exact) mass is 376 g/mol. The lowest BCUT2D eigenvalue weighted by molar-refractivity contribution is 0.199. The van der Waals surface area contributed by atoms with Gasteiger partial charge in [0.2, 0.25) is 0 Å². The molecule has 1 amide bonds.